The maximum Gasteiger partial charge on any atom is 0.321 e. The molecule has 29 heavy (non-hydrogen) atoms. The van der Waals surface area contributed by atoms with E-state index >= 15 is 0 Å². The van der Waals surface area contributed by atoms with Crippen LogP contribution in [0.4, 0.5) is 11.5 Å². The van der Waals surface area contributed by atoms with Gasteiger partial charge < -0.3 is 14.9 Å². The van der Waals surface area contributed by atoms with Gasteiger partial charge in [-0.2, -0.15) is 5.06 Å². The largest absolute Gasteiger partial charge is 0.381 e. The van der Waals surface area contributed by atoms with Gasteiger partial charge in [0.05, 0.1) is 5.69 Å². The lowest BCUT2D eigenvalue weighted by atomic mass is 10.00. The molecule has 1 aliphatic heterocycles. The monoisotopic (exact) mass is 415 g/mol. The van der Waals surface area contributed by atoms with Crippen LogP contribution in [0.5, 0.6) is 0 Å². The number of rotatable bonds is 9. The van der Waals surface area contributed by atoms with E-state index < -0.39 is 0 Å². The molecule has 0 atom stereocenters. The van der Waals surface area contributed by atoms with E-state index in [0.29, 0.717) is 34.8 Å². The van der Waals surface area contributed by atoms with Crippen LogP contribution in [-0.2, 0) is 20.9 Å². The second-order valence-corrected chi connectivity index (χ2v) is 8.11. The minimum absolute atomic E-state index is 0.405. The SMILES string of the molecule is O=CON(c1cccc(Cl)c1)c1cc(C2CC2)c(CNCC2CCOCC2)cn1. The summed E-state index contributed by atoms with van der Waals surface area (Å²) in [5.74, 6) is 1.81. The third kappa shape index (κ3) is 5.26. The van der Waals surface area contributed by atoms with Crippen molar-refractivity contribution in [3.63, 3.8) is 0 Å². The Labute approximate surface area is 176 Å². The zero-order valence-corrected chi connectivity index (χ0v) is 17.1. The summed E-state index contributed by atoms with van der Waals surface area (Å²) in [5, 5.41) is 5.58. The quantitative estimate of drug-likeness (QED) is 0.485. The Hall–Kier alpha value is -2.15. The number of hydrogen-bond donors (Lipinski definition) is 1. The number of aromatic nitrogens is 1. The standard InChI is InChI=1S/C22H26ClN3O3/c23-19-2-1-3-20(10-19)26(29-15-27)22-11-21(17-4-5-17)18(14-25-22)13-24-12-16-6-8-28-9-7-16/h1-3,10-11,14-17,24H,4-9,12-13H2. The minimum Gasteiger partial charge on any atom is -0.381 e. The van der Waals surface area contributed by atoms with E-state index in [1.54, 1.807) is 12.1 Å². The smallest absolute Gasteiger partial charge is 0.321 e. The second-order valence-electron chi connectivity index (χ2n) is 7.68. The van der Waals surface area contributed by atoms with Gasteiger partial charge in [0.1, 0.15) is 0 Å². The van der Waals surface area contributed by atoms with E-state index in [1.807, 2.05) is 24.4 Å². The number of pyridine rings is 1. The molecule has 1 aliphatic carbocycles. The van der Waals surface area contributed by atoms with Crippen molar-refractivity contribution in [1.29, 1.82) is 0 Å². The number of hydrogen-bond acceptors (Lipinski definition) is 6. The third-order valence-corrected chi connectivity index (χ3v) is 5.75. The zero-order chi connectivity index (χ0) is 20.1. The number of nitrogens with one attached hydrogen (secondary N) is 1. The summed E-state index contributed by atoms with van der Waals surface area (Å²) in [5.41, 5.74) is 3.14. The molecule has 0 radical (unpaired) electrons. The van der Waals surface area contributed by atoms with E-state index in [0.717, 1.165) is 39.1 Å². The van der Waals surface area contributed by atoms with E-state index in [-0.39, 0.29) is 0 Å². The Balaban J connectivity index is 1.50. The van der Waals surface area contributed by atoms with Crippen molar-refractivity contribution < 1.29 is 14.4 Å². The molecular formula is C22H26ClN3O3. The van der Waals surface area contributed by atoms with E-state index in [4.69, 9.17) is 21.2 Å². The van der Waals surface area contributed by atoms with Crippen molar-refractivity contribution in [2.75, 3.05) is 24.8 Å². The summed E-state index contributed by atoms with van der Waals surface area (Å²) in [4.78, 5) is 20.9. The lowest BCUT2D eigenvalue weighted by Gasteiger charge is -2.23. The molecule has 4 rings (SSSR count). The lowest BCUT2D eigenvalue weighted by molar-refractivity contribution is -0.128. The molecule has 1 aromatic carbocycles. The van der Waals surface area contributed by atoms with Gasteiger partial charge >= 0.3 is 6.47 Å². The van der Waals surface area contributed by atoms with Crippen molar-refractivity contribution in [3.8, 4) is 0 Å². The molecule has 1 saturated heterocycles. The van der Waals surface area contributed by atoms with E-state index in [9.17, 15) is 4.79 Å². The summed E-state index contributed by atoms with van der Waals surface area (Å²) in [6, 6.07) is 9.20. The third-order valence-electron chi connectivity index (χ3n) is 5.51. The van der Waals surface area contributed by atoms with Crippen LogP contribution < -0.4 is 10.4 Å². The molecule has 6 nitrogen and oxygen atoms in total. The Bertz CT molecular complexity index is 838. The Morgan fingerprint density at radius 1 is 1.24 bits per heavy atom. The van der Waals surface area contributed by atoms with E-state index in [1.165, 1.54) is 29.0 Å². The molecule has 2 aliphatic rings. The van der Waals surface area contributed by atoms with Crippen LogP contribution >= 0.6 is 11.6 Å². The van der Waals surface area contributed by atoms with Crippen molar-refractivity contribution in [3.05, 3.63) is 52.7 Å². The summed E-state index contributed by atoms with van der Waals surface area (Å²) in [6.07, 6.45) is 6.50. The van der Waals surface area contributed by atoms with Crippen molar-refractivity contribution in [1.82, 2.24) is 10.3 Å². The normalized spacial score (nSPS) is 17.1. The topological polar surface area (TPSA) is 63.7 Å². The molecule has 0 unspecified atom stereocenters. The van der Waals surface area contributed by atoms with Gasteiger partial charge in [-0.25, -0.2) is 4.98 Å². The fraction of sp³-hybridized carbons (Fsp3) is 0.455. The highest BCUT2D eigenvalue weighted by atomic mass is 35.5. The number of ether oxygens (including phenoxy) is 1. The molecule has 154 valence electrons. The zero-order valence-electron chi connectivity index (χ0n) is 16.4. The number of carbonyl (C=O) groups is 1. The average Bonchev–Trinajstić information content (AvgIpc) is 3.58. The van der Waals surface area contributed by atoms with Crippen LogP contribution in [0.1, 0.15) is 42.7 Å². The fourth-order valence-corrected chi connectivity index (χ4v) is 3.96. The van der Waals surface area contributed by atoms with Crippen LogP contribution in [0.25, 0.3) is 0 Å². The highest BCUT2D eigenvalue weighted by Crippen LogP contribution is 2.43. The lowest BCUT2D eigenvalue weighted by Crippen LogP contribution is -2.28. The molecule has 2 heterocycles. The van der Waals surface area contributed by atoms with Gasteiger partial charge in [0.15, 0.2) is 5.82 Å². The van der Waals surface area contributed by atoms with E-state index in [2.05, 4.69) is 10.3 Å². The summed E-state index contributed by atoms with van der Waals surface area (Å²) >= 11 is 6.11. The van der Waals surface area contributed by atoms with Gasteiger partial charge in [0.25, 0.3) is 0 Å². The number of benzene rings is 1. The second kappa shape index (κ2) is 9.57. The predicted octanol–water partition coefficient (Wildman–Crippen LogP) is 4.35. The molecular weight excluding hydrogens is 390 g/mol. The van der Waals surface area contributed by atoms with Crippen LogP contribution in [0.3, 0.4) is 0 Å². The molecule has 1 N–H and O–H groups in total. The van der Waals surface area contributed by atoms with Gasteiger partial charge in [-0.15, -0.1) is 0 Å². The molecule has 2 aromatic rings. The Kier molecular flexibility index (Phi) is 6.64. The maximum atomic E-state index is 11.1. The van der Waals surface area contributed by atoms with Crippen LogP contribution in [-0.4, -0.2) is 31.2 Å². The number of halogens is 1. The Morgan fingerprint density at radius 2 is 2.07 bits per heavy atom. The molecule has 0 amide bonds. The number of anilines is 2. The van der Waals surface area contributed by atoms with Crippen molar-refractivity contribution in [2.24, 2.45) is 5.92 Å². The first-order chi connectivity index (χ1) is 14.2. The summed E-state index contributed by atoms with van der Waals surface area (Å²) in [6.45, 7) is 3.93. The molecule has 1 saturated carbocycles. The van der Waals surface area contributed by atoms with Gasteiger partial charge in [-0.3, -0.25) is 4.79 Å². The minimum atomic E-state index is 0.405. The first-order valence-electron chi connectivity index (χ1n) is 10.2. The molecule has 0 spiro atoms. The number of nitrogens with zero attached hydrogens (tertiary/aromatic N) is 2. The van der Waals surface area contributed by atoms with Crippen LogP contribution in [0.15, 0.2) is 36.5 Å². The highest BCUT2D eigenvalue weighted by molar-refractivity contribution is 6.30. The first kappa shape index (κ1) is 20.1. The fourth-order valence-electron chi connectivity index (χ4n) is 3.77. The van der Waals surface area contributed by atoms with Gasteiger partial charge in [0.2, 0.25) is 0 Å². The number of carbonyl (C=O) groups excluding carboxylic acids is 1. The maximum absolute atomic E-state index is 11.1. The molecule has 0 bridgehead atoms. The Morgan fingerprint density at radius 3 is 2.79 bits per heavy atom. The van der Waals surface area contributed by atoms with Crippen molar-refractivity contribution in [2.45, 2.75) is 38.1 Å². The predicted molar refractivity (Wildman–Crippen MR) is 112 cm³/mol. The molecule has 7 heteroatoms. The van der Waals surface area contributed by atoms with Crippen molar-refractivity contribution >= 4 is 29.6 Å². The van der Waals surface area contributed by atoms with Gasteiger partial charge in [0, 0.05) is 31.0 Å². The summed E-state index contributed by atoms with van der Waals surface area (Å²) in [7, 11) is 0. The molecule has 1 aromatic heterocycles. The van der Waals surface area contributed by atoms with Gasteiger partial charge in [-0.05, 0) is 79.5 Å². The molecule has 2 fully saturated rings. The highest BCUT2D eigenvalue weighted by Gasteiger charge is 2.28. The van der Waals surface area contributed by atoms with Crippen LogP contribution in [0, 0.1) is 5.92 Å². The van der Waals surface area contributed by atoms with Crippen LogP contribution in [0.2, 0.25) is 5.02 Å². The first-order valence-corrected chi connectivity index (χ1v) is 10.6. The average molecular weight is 416 g/mol. The van der Waals surface area contributed by atoms with Gasteiger partial charge in [-0.1, -0.05) is 17.7 Å². The summed E-state index contributed by atoms with van der Waals surface area (Å²) < 4.78 is 5.44.